The molecule has 9 heteroatoms. The van der Waals surface area contributed by atoms with E-state index in [9.17, 15) is 22.8 Å². The molecule has 29 heavy (non-hydrogen) atoms. The molecule has 154 valence electrons. The molecule has 1 amide bonds. The number of methoxy groups -OCH3 is 2. The summed E-state index contributed by atoms with van der Waals surface area (Å²) in [5.74, 6) is -5.42. The first kappa shape index (κ1) is 21.8. The third kappa shape index (κ3) is 5.50. The van der Waals surface area contributed by atoms with Crippen LogP contribution in [0.2, 0.25) is 0 Å². The molecule has 0 aliphatic rings. The minimum atomic E-state index is -1.72. The minimum Gasteiger partial charge on any atom is -0.497 e. The summed E-state index contributed by atoms with van der Waals surface area (Å²) in [7, 11) is 2.95. The summed E-state index contributed by atoms with van der Waals surface area (Å²) in [5.41, 5.74) is -0.0433. The van der Waals surface area contributed by atoms with Gasteiger partial charge in [0.05, 0.1) is 19.9 Å². The molecule has 0 radical (unpaired) electrons. The van der Waals surface area contributed by atoms with E-state index in [0.717, 1.165) is 12.1 Å². The van der Waals surface area contributed by atoms with Crippen molar-refractivity contribution >= 4 is 23.6 Å². The Kier molecular flexibility index (Phi) is 7.24. The molecule has 0 aliphatic carbocycles. The number of carbonyl (C=O) groups is 2. The second-order valence-electron chi connectivity index (χ2n) is 5.73. The molecule has 0 spiro atoms. The van der Waals surface area contributed by atoms with Crippen LogP contribution in [0.25, 0.3) is 6.08 Å². The van der Waals surface area contributed by atoms with Crippen LogP contribution in [-0.2, 0) is 14.3 Å². The molecule has 0 aliphatic heterocycles. The van der Waals surface area contributed by atoms with Crippen LogP contribution in [0.4, 0.5) is 18.9 Å². The van der Waals surface area contributed by atoms with Crippen molar-refractivity contribution in [2.45, 2.75) is 13.0 Å². The fraction of sp³-hybridized carbons (Fsp3) is 0.200. The second kappa shape index (κ2) is 9.63. The van der Waals surface area contributed by atoms with Crippen LogP contribution in [-0.4, -0.2) is 32.2 Å². The van der Waals surface area contributed by atoms with Gasteiger partial charge in [0, 0.05) is 11.6 Å². The molecule has 0 heterocycles. The summed E-state index contributed by atoms with van der Waals surface area (Å²) in [6, 6.07) is 6.48. The summed E-state index contributed by atoms with van der Waals surface area (Å²) in [6.45, 7) is 1.24. The maximum absolute atomic E-state index is 13.6. The second-order valence-corrected chi connectivity index (χ2v) is 5.73. The standard InChI is InChI=1S/C20H18F3NO5/c1-11(20(26)24-15-7-6-14(21)18(22)19(15)23)29-17(25)9-4-12-10-13(27-2)5-8-16(12)28-3/h4-11H,1-3H3,(H,24,26)/b9-4+/t11-/m1/s1. The van der Waals surface area contributed by atoms with Gasteiger partial charge in [-0.1, -0.05) is 0 Å². The lowest BCUT2D eigenvalue weighted by molar-refractivity contribution is -0.148. The Labute approximate surface area is 164 Å². The molecular weight excluding hydrogens is 391 g/mol. The largest absolute Gasteiger partial charge is 0.497 e. The van der Waals surface area contributed by atoms with Gasteiger partial charge in [0.2, 0.25) is 0 Å². The van der Waals surface area contributed by atoms with E-state index in [1.165, 1.54) is 27.2 Å². The van der Waals surface area contributed by atoms with Crippen LogP contribution in [0.15, 0.2) is 36.4 Å². The van der Waals surface area contributed by atoms with Crippen LogP contribution < -0.4 is 14.8 Å². The average molecular weight is 409 g/mol. The van der Waals surface area contributed by atoms with Crippen molar-refractivity contribution in [3.05, 3.63) is 59.4 Å². The lowest BCUT2D eigenvalue weighted by atomic mass is 10.1. The first-order valence-corrected chi connectivity index (χ1v) is 8.32. The molecule has 0 unspecified atom stereocenters. The highest BCUT2D eigenvalue weighted by Crippen LogP contribution is 2.25. The molecule has 0 aromatic heterocycles. The van der Waals surface area contributed by atoms with Crippen LogP contribution in [0, 0.1) is 17.5 Å². The van der Waals surface area contributed by atoms with Crippen molar-refractivity contribution < 1.29 is 37.0 Å². The number of halogens is 3. The zero-order chi connectivity index (χ0) is 21.6. The van der Waals surface area contributed by atoms with Gasteiger partial charge in [0.25, 0.3) is 5.91 Å². The van der Waals surface area contributed by atoms with Gasteiger partial charge >= 0.3 is 5.97 Å². The lowest BCUT2D eigenvalue weighted by Gasteiger charge is -2.13. The quantitative estimate of drug-likeness (QED) is 0.429. The number of amides is 1. The van der Waals surface area contributed by atoms with Gasteiger partial charge in [-0.3, -0.25) is 4.79 Å². The van der Waals surface area contributed by atoms with Crippen molar-refractivity contribution in [1.82, 2.24) is 0 Å². The molecule has 2 aromatic carbocycles. The number of esters is 1. The van der Waals surface area contributed by atoms with E-state index in [-0.39, 0.29) is 0 Å². The number of anilines is 1. The fourth-order valence-corrected chi connectivity index (χ4v) is 2.25. The van der Waals surface area contributed by atoms with Gasteiger partial charge in [-0.05, 0) is 43.3 Å². The average Bonchev–Trinajstić information content (AvgIpc) is 2.72. The van der Waals surface area contributed by atoms with Crippen molar-refractivity contribution in [1.29, 1.82) is 0 Å². The molecular formula is C20H18F3NO5. The van der Waals surface area contributed by atoms with E-state index < -0.39 is 41.1 Å². The maximum atomic E-state index is 13.6. The number of nitrogens with one attached hydrogen (secondary N) is 1. The Morgan fingerprint density at radius 2 is 1.76 bits per heavy atom. The van der Waals surface area contributed by atoms with Crippen LogP contribution in [0.3, 0.4) is 0 Å². The highest BCUT2D eigenvalue weighted by atomic mass is 19.2. The molecule has 2 aromatic rings. The first-order chi connectivity index (χ1) is 13.8. The van der Waals surface area contributed by atoms with E-state index in [2.05, 4.69) is 0 Å². The van der Waals surface area contributed by atoms with E-state index in [4.69, 9.17) is 14.2 Å². The topological polar surface area (TPSA) is 73.9 Å². The Morgan fingerprint density at radius 1 is 1.03 bits per heavy atom. The summed E-state index contributed by atoms with van der Waals surface area (Å²) < 4.78 is 55.0. The van der Waals surface area contributed by atoms with E-state index in [0.29, 0.717) is 23.1 Å². The number of hydrogen-bond donors (Lipinski definition) is 1. The van der Waals surface area contributed by atoms with Crippen LogP contribution in [0.1, 0.15) is 12.5 Å². The van der Waals surface area contributed by atoms with Crippen LogP contribution >= 0.6 is 0 Å². The summed E-state index contributed by atoms with van der Waals surface area (Å²) in [4.78, 5) is 24.0. The number of rotatable bonds is 7. The number of hydrogen-bond acceptors (Lipinski definition) is 5. The SMILES string of the molecule is COc1ccc(OC)c(/C=C/C(=O)O[C@H](C)C(=O)Nc2ccc(F)c(F)c2F)c1. The Hall–Kier alpha value is -3.49. The number of ether oxygens (including phenoxy) is 3. The third-order valence-corrected chi connectivity index (χ3v) is 3.79. The number of benzene rings is 2. The molecule has 0 fully saturated rings. The van der Waals surface area contributed by atoms with Crippen molar-refractivity contribution in [3.8, 4) is 11.5 Å². The molecule has 0 bridgehead atoms. The molecule has 1 atom stereocenters. The lowest BCUT2D eigenvalue weighted by Crippen LogP contribution is -2.29. The van der Waals surface area contributed by atoms with Crippen molar-refractivity contribution in [2.24, 2.45) is 0 Å². The van der Waals surface area contributed by atoms with E-state index >= 15 is 0 Å². The monoisotopic (exact) mass is 409 g/mol. The normalized spacial score (nSPS) is 11.8. The highest BCUT2D eigenvalue weighted by molar-refractivity contribution is 5.96. The smallest absolute Gasteiger partial charge is 0.331 e. The predicted octanol–water partition coefficient (Wildman–Crippen LogP) is 3.70. The zero-order valence-electron chi connectivity index (χ0n) is 15.8. The van der Waals surface area contributed by atoms with E-state index in [1.807, 2.05) is 5.32 Å². The minimum absolute atomic E-state index is 0.481. The van der Waals surface area contributed by atoms with Gasteiger partial charge in [-0.2, -0.15) is 0 Å². The highest BCUT2D eigenvalue weighted by Gasteiger charge is 2.20. The van der Waals surface area contributed by atoms with Gasteiger partial charge < -0.3 is 19.5 Å². The van der Waals surface area contributed by atoms with Gasteiger partial charge in [-0.15, -0.1) is 0 Å². The summed E-state index contributed by atoms with van der Waals surface area (Å²) >= 11 is 0. The van der Waals surface area contributed by atoms with E-state index in [1.54, 1.807) is 18.2 Å². The van der Waals surface area contributed by atoms with Gasteiger partial charge in [-0.25, -0.2) is 18.0 Å². The Balaban J connectivity index is 2.02. The van der Waals surface area contributed by atoms with Crippen molar-refractivity contribution in [3.63, 3.8) is 0 Å². The molecule has 2 rings (SSSR count). The first-order valence-electron chi connectivity index (χ1n) is 8.32. The summed E-state index contributed by atoms with van der Waals surface area (Å²) in [6.07, 6.45) is 1.15. The Morgan fingerprint density at radius 3 is 2.41 bits per heavy atom. The fourth-order valence-electron chi connectivity index (χ4n) is 2.25. The summed E-state index contributed by atoms with van der Waals surface area (Å²) in [5, 5.41) is 2.03. The molecule has 6 nitrogen and oxygen atoms in total. The maximum Gasteiger partial charge on any atom is 0.331 e. The van der Waals surface area contributed by atoms with Crippen LogP contribution in [0.5, 0.6) is 11.5 Å². The van der Waals surface area contributed by atoms with Gasteiger partial charge in [0.1, 0.15) is 11.5 Å². The Bertz CT molecular complexity index is 946. The van der Waals surface area contributed by atoms with Crippen molar-refractivity contribution in [2.75, 3.05) is 19.5 Å². The predicted molar refractivity (Wildman–Crippen MR) is 99.1 cm³/mol. The molecule has 1 N–H and O–H groups in total. The molecule has 0 saturated carbocycles. The number of carbonyl (C=O) groups excluding carboxylic acids is 2. The molecule has 0 saturated heterocycles. The third-order valence-electron chi connectivity index (χ3n) is 3.79. The van der Waals surface area contributed by atoms with Gasteiger partial charge in [0.15, 0.2) is 23.6 Å². The zero-order valence-corrected chi connectivity index (χ0v) is 15.8.